The Morgan fingerprint density at radius 1 is 1.00 bits per heavy atom. The molecule has 3 aromatic heterocycles. The average Bonchev–Trinajstić information content (AvgIpc) is 3.73. The van der Waals surface area contributed by atoms with Crippen molar-refractivity contribution in [1.29, 1.82) is 5.26 Å². The molecule has 0 radical (unpaired) electrons. The standard InChI is InChI=1S/C26H22N6O2.C4H9N/c1-17-4-8-20(9-5-17)24-22(19-10-6-18(15-27)7-11-19)14-23(34-3)25-29-31(26(33)32(24)25)16-21-12-13-30(2)28-21;1-2-4-5-3-1/h4-14H,16H2,1-3H3;5H,1-4H2. The van der Waals surface area contributed by atoms with E-state index >= 15 is 0 Å². The van der Waals surface area contributed by atoms with Crippen LogP contribution in [0.3, 0.4) is 0 Å². The van der Waals surface area contributed by atoms with E-state index in [9.17, 15) is 10.1 Å². The van der Waals surface area contributed by atoms with Crippen LogP contribution in [-0.4, -0.2) is 44.2 Å². The van der Waals surface area contributed by atoms with Gasteiger partial charge in [0.1, 0.15) is 0 Å². The van der Waals surface area contributed by atoms with Crippen molar-refractivity contribution in [2.45, 2.75) is 26.3 Å². The van der Waals surface area contributed by atoms with Gasteiger partial charge in [0.05, 0.1) is 36.7 Å². The van der Waals surface area contributed by atoms with Crippen molar-refractivity contribution < 1.29 is 4.74 Å². The monoisotopic (exact) mass is 521 g/mol. The number of ether oxygens (including phenoxy) is 1. The summed E-state index contributed by atoms with van der Waals surface area (Å²) in [4.78, 5) is 13.7. The van der Waals surface area contributed by atoms with Gasteiger partial charge in [0, 0.05) is 18.8 Å². The van der Waals surface area contributed by atoms with Crippen LogP contribution in [0.15, 0.2) is 71.7 Å². The van der Waals surface area contributed by atoms with Crippen molar-refractivity contribution in [3.8, 4) is 34.2 Å². The van der Waals surface area contributed by atoms with Gasteiger partial charge in [0.2, 0.25) is 5.65 Å². The van der Waals surface area contributed by atoms with Gasteiger partial charge >= 0.3 is 5.69 Å². The Hall–Kier alpha value is -4.68. The first-order valence-electron chi connectivity index (χ1n) is 13.0. The molecule has 1 aliphatic heterocycles. The topological polar surface area (TPSA) is 102 Å². The smallest absolute Gasteiger partial charge is 0.351 e. The molecule has 1 aliphatic rings. The van der Waals surface area contributed by atoms with Crippen molar-refractivity contribution in [3.63, 3.8) is 0 Å². The second-order valence-corrected chi connectivity index (χ2v) is 9.57. The summed E-state index contributed by atoms with van der Waals surface area (Å²) in [7, 11) is 3.39. The van der Waals surface area contributed by atoms with Gasteiger partial charge in [0.15, 0.2) is 5.75 Å². The summed E-state index contributed by atoms with van der Waals surface area (Å²) in [6, 6.07) is 21.2. The fourth-order valence-electron chi connectivity index (χ4n) is 4.67. The number of fused-ring (bicyclic) bond motifs is 1. The van der Waals surface area contributed by atoms with Crippen LogP contribution in [0.5, 0.6) is 5.75 Å². The number of aromatic nitrogens is 5. The zero-order valence-corrected chi connectivity index (χ0v) is 22.4. The van der Waals surface area contributed by atoms with E-state index in [1.54, 1.807) is 28.3 Å². The van der Waals surface area contributed by atoms with Gasteiger partial charge in [-0.2, -0.15) is 10.4 Å². The fraction of sp³-hybridized carbons (Fsp3) is 0.267. The van der Waals surface area contributed by atoms with Crippen LogP contribution in [0.2, 0.25) is 0 Å². The lowest BCUT2D eigenvalue weighted by atomic mass is 9.97. The van der Waals surface area contributed by atoms with Crippen LogP contribution >= 0.6 is 0 Å². The van der Waals surface area contributed by atoms with Crippen molar-refractivity contribution in [2.24, 2.45) is 7.05 Å². The highest BCUT2D eigenvalue weighted by Gasteiger charge is 2.22. The first kappa shape index (κ1) is 25.9. The highest BCUT2D eigenvalue weighted by atomic mass is 16.5. The molecule has 1 saturated heterocycles. The summed E-state index contributed by atoms with van der Waals surface area (Å²) in [5, 5.41) is 21.4. The van der Waals surface area contributed by atoms with E-state index < -0.39 is 0 Å². The van der Waals surface area contributed by atoms with Crippen molar-refractivity contribution in [1.82, 2.24) is 29.3 Å². The molecule has 9 nitrogen and oxygen atoms in total. The largest absolute Gasteiger partial charge is 0.493 e. The zero-order chi connectivity index (χ0) is 27.4. The van der Waals surface area contributed by atoms with E-state index in [1.807, 2.05) is 68.7 Å². The summed E-state index contributed by atoms with van der Waals surface area (Å²) >= 11 is 0. The predicted octanol–water partition coefficient (Wildman–Crippen LogP) is 4.17. The molecule has 39 heavy (non-hydrogen) atoms. The fourth-order valence-corrected chi connectivity index (χ4v) is 4.67. The molecule has 2 aromatic carbocycles. The van der Waals surface area contributed by atoms with Crippen molar-refractivity contribution in [2.75, 3.05) is 20.2 Å². The molecule has 198 valence electrons. The number of benzene rings is 2. The number of pyridine rings is 1. The number of nitriles is 1. The van der Waals surface area contributed by atoms with Crippen LogP contribution in [0, 0.1) is 18.3 Å². The number of nitrogens with one attached hydrogen (secondary N) is 1. The van der Waals surface area contributed by atoms with E-state index in [-0.39, 0.29) is 12.2 Å². The van der Waals surface area contributed by atoms with Gasteiger partial charge in [-0.15, -0.1) is 5.10 Å². The normalized spacial score (nSPS) is 12.7. The van der Waals surface area contributed by atoms with Gasteiger partial charge in [-0.05, 0) is 68.2 Å². The molecule has 1 N–H and O–H groups in total. The quantitative estimate of drug-likeness (QED) is 0.373. The van der Waals surface area contributed by atoms with Gasteiger partial charge in [0.25, 0.3) is 0 Å². The average molecular weight is 522 g/mol. The number of nitrogens with zero attached hydrogens (tertiary/aromatic N) is 6. The molecule has 0 saturated carbocycles. The van der Waals surface area contributed by atoms with Crippen LogP contribution in [0.1, 0.15) is 29.7 Å². The third-order valence-electron chi connectivity index (χ3n) is 6.72. The summed E-state index contributed by atoms with van der Waals surface area (Å²) in [5.74, 6) is 0.479. The lowest BCUT2D eigenvalue weighted by Crippen LogP contribution is -2.23. The highest BCUT2D eigenvalue weighted by Crippen LogP contribution is 2.36. The summed E-state index contributed by atoms with van der Waals surface area (Å²) in [5.41, 5.74) is 5.80. The molecule has 4 heterocycles. The molecule has 0 amide bonds. The SMILES string of the molecule is C1CCNC1.COc1cc(-c2ccc(C#N)cc2)c(-c2ccc(C)cc2)n2c(=O)n(Cc3ccn(C)n3)nc12. The lowest BCUT2D eigenvalue weighted by molar-refractivity contribution is 0.417. The Kier molecular flexibility index (Phi) is 7.57. The Morgan fingerprint density at radius 3 is 2.26 bits per heavy atom. The first-order chi connectivity index (χ1) is 19.0. The third kappa shape index (κ3) is 5.47. The predicted molar refractivity (Wildman–Crippen MR) is 151 cm³/mol. The molecule has 9 heteroatoms. The van der Waals surface area contributed by atoms with Crippen LogP contribution in [-0.2, 0) is 13.6 Å². The maximum absolute atomic E-state index is 13.7. The second-order valence-electron chi connectivity index (χ2n) is 9.57. The Morgan fingerprint density at radius 2 is 1.69 bits per heavy atom. The molecule has 0 bridgehead atoms. The Labute approximate surface area is 226 Å². The highest BCUT2D eigenvalue weighted by molar-refractivity contribution is 5.85. The molecular weight excluding hydrogens is 490 g/mol. The number of aryl methyl sites for hydroxylation is 2. The summed E-state index contributed by atoms with van der Waals surface area (Å²) in [6.07, 6.45) is 4.61. The molecule has 1 fully saturated rings. The lowest BCUT2D eigenvalue weighted by Gasteiger charge is -2.15. The molecule has 6 rings (SSSR count). The van der Waals surface area contributed by atoms with Crippen LogP contribution in [0.25, 0.3) is 28.0 Å². The van der Waals surface area contributed by atoms with Gasteiger partial charge in [-0.25, -0.2) is 13.9 Å². The minimum atomic E-state index is -0.287. The number of hydrogen-bond donors (Lipinski definition) is 1. The Bertz CT molecular complexity index is 1680. The minimum Gasteiger partial charge on any atom is -0.493 e. The molecule has 0 unspecified atom stereocenters. The molecule has 0 spiro atoms. The van der Waals surface area contributed by atoms with Crippen LogP contribution in [0.4, 0.5) is 0 Å². The third-order valence-corrected chi connectivity index (χ3v) is 6.72. The molecule has 0 atom stereocenters. The van der Waals surface area contributed by atoms with E-state index in [1.165, 1.54) is 30.6 Å². The van der Waals surface area contributed by atoms with E-state index in [2.05, 4.69) is 21.6 Å². The second kappa shape index (κ2) is 11.4. The van der Waals surface area contributed by atoms with E-state index in [4.69, 9.17) is 4.74 Å². The number of methoxy groups -OCH3 is 1. The van der Waals surface area contributed by atoms with E-state index in [0.717, 1.165) is 27.9 Å². The van der Waals surface area contributed by atoms with Gasteiger partial charge < -0.3 is 10.1 Å². The molecule has 5 aromatic rings. The minimum absolute atomic E-state index is 0.240. The number of rotatable bonds is 5. The first-order valence-corrected chi connectivity index (χ1v) is 13.0. The zero-order valence-electron chi connectivity index (χ0n) is 22.4. The summed E-state index contributed by atoms with van der Waals surface area (Å²) < 4.78 is 10.4. The van der Waals surface area contributed by atoms with Crippen molar-refractivity contribution in [3.05, 3.63) is 94.2 Å². The molecular formula is C30H31N7O2. The maximum atomic E-state index is 13.7. The van der Waals surface area contributed by atoms with E-state index in [0.29, 0.717) is 22.7 Å². The van der Waals surface area contributed by atoms with Crippen LogP contribution < -0.4 is 15.7 Å². The number of hydrogen-bond acceptors (Lipinski definition) is 6. The maximum Gasteiger partial charge on any atom is 0.351 e. The Balaban J connectivity index is 0.000000555. The van der Waals surface area contributed by atoms with Crippen molar-refractivity contribution >= 4 is 5.65 Å². The van der Waals surface area contributed by atoms with Gasteiger partial charge in [-0.3, -0.25) is 4.68 Å². The summed E-state index contributed by atoms with van der Waals surface area (Å²) in [6.45, 7) is 4.76. The molecule has 0 aliphatic carbocycles. The van der Waals surface area contributed by atoms with Gasteiger partial charge in [-0.1, -0.05) is 42.0 Å².